The fraction of sp³-hybridized carbons (Fsp3) is 0.444. The van der Waals surface area contributed by atoms with Crippen LogP contribution in [0.2, 0.25) is 30.8 Å². The molecule has 0 spiro atoms. The Balaban J connectivity index is 1.59. The zero-order valence-corrected chi connectivity index (χ0v) is 25.9. The molecule has 3 aromatic heterocycles. The van der Waals surface area contributed by atoms with E-state index in [4.69, 9.17) is 32.3 Å². The Morgan fingerprint density at radius 1 is 1.29 bits per heavy atom. The van der Waals surface area contributed by atoms with Crippen LogP contribution >= 0.6 is 34.2 Å². The number of nitrogen functional groups attached to an aromatic ring is 1. The van der Waals surface area contributed by atoms with Crippen LogP contribution in [0, 0.1) is 17.2 Å². The average Bonchev–Trinajstić information content (AvgIpc) is 3.38. The molecule has 1 aliphatic rings. The first-order chi connectivity index (χ1) is 18.2. The summed E-state index contributed by atoms with van der Waals surface area (Å²) >= 11 is 9.45. The normalized spacial score (nSPS) is 17.6. The smallest absolute Gasteiger partial charge is 0.145 e. The highest BCUT2D eigenvalue weighted by molar-refractivity contribution is 14.1. The third-order valence-electron chi connectivity index (χ3n) is 7.26. The summed E-state index contributed by atoms with van der Waals surface area (Å²) in [5.74, 6) is 0.431. The highest BCUT2D eigenvalue weighted by Gasteiger charge is 2.31. The van der Waals surface area contributed by atoms with E-state index in [-0.39, 0.29) is 6.04 Å². The average molecular weight is 662 g/mol. The van der Waals surface area contributed by atoms with Crippen LogP contribution in [-0.4, -0.2) is 40.1 Å². The van der Waals surface area contributed by atoms with Crippen LogP contribution in [0.1, 0.15) is 19.3 Å². The number of benzene rings is 1. The predicted octanol–water partition coefficient (Wildman–Crippen LogP) is 7.10. The number of fused-ring (bicyclic) bond motifs is 2. The SMILES string of the molecule is C[Si](C)(C)CCOCn1c(Cl)c(-c2ccc3c(cnn3CI)c2)c2c(NC3CC(CC#N)C3)c(N)cnc21. The standard InChI is InChI=1S/C27H33ClIN7OSi/c1-38(2,3)9-8-37-16-35-26(28)23(18-4-5-22-19(12-18)13-33-36(22)15-29)24-25(21(31)14-32-27(24)35)34-20-10-17(11-20)6-7-30/h4-5,12-14,17,20H,6,8-11,15-16,31H2,1-3H3,(H,32,34). The lowest BCUT2D eigenvalue weighted by molar-refractivity contribution is 0.0901. The number of halogens is 2. The van der Waals surface area contributed by atoms with Gasteiger partial charge in [-0.25, -0.2) is 4.98 Å². The van der Waals surface area contributed by atoms with E-state index in [0.29, 0.717) is 36.5 Å². The second-order valence-corrected chi connectivity index (χ2v) is 18.0. The van der Waals surface area contributed by atoms with E-state index in [1.807, 2.05) is 15.4 Å². The number of hydrogen-bond acceptors (Lipinski definition) is 6. The van der Waals surface area contributed by atoms with Gasteiger partial charge in [0.25, 0.3) is 0 Å². The van der Waals surface area contributed by atoms with Crippen molar-refractivity contribution in [1.82, 2.24) is 19.3 Å². The minimum Gasteiger partial charge on any atom is -0.396 e. The van der Waals surface area contributed by atoms with Crippen LogP contribution in [-0.2, 0) is 16.0 Å². The van der Waals surface area contributed by atoms with Crippen LogP contribution in [0.3, 0.4) is 0 Å². The van der Waals surface area contributed by atoms with Gasteiger partial charge in [-0.1, -0.05) is 59.9 Å². The Kier molecular flexibility index (Phi) is 7.91. The Labute approximate surface area is 242 Å². The summed E-state index contributed by atoms with van der Waals surface area (Å²) in [6, 6.07) is 9.92. The van der Waals surface area contributed by atoms with Crippen LogP contribution < -0.4 is 11.1 Å². The summed E-state index contributed by atoms with van der Waals surface area (Å²) in [5, 5.41) is 19.7. The number of nitrogens with one attached hydrogen (secondary N) is 1. The molecule has 5 rings (SSSR count). The molecule has 0 aliphatic heterocycles. The molecule has 1 aliphatic carbocycles. The first kappa shape index (κ1) is 27.2. The van der Waals surface area contributed by atoms with E-state index in [0.717, 1.165) is 62.2 Å². The summed E-state index contributed by atoms with van der Waals surface area (Å²) in [6.45, 7) is 8.02. The van der Waals surface area contributed by atoms with Gasteiger partial charge < -0.3 is 15.8 Å². The maximum atomic E-state index is 9.05. The molecule has 200 valence electrons. The predicted molar refractivity (Wildman–Crippen MR) is 166 cm³/mol. The van der Waals surface area contributed by atoms with Crippen molar-refractivity contribution in [2.45, 2.75) is 62.3 Å². The number of aromatic nitrogens is 4. The van der Waals surface area contributed by atoms with Crippen molar-refractivity contribution >= 4 is 75.6 Å². The third-order valence-corrected chi connectivity index (χ3v) is 10.0. The minimum absolute atomic E-state index is 0.258. The van der Waals surface area contributed by atoms with Gasteiger partial charge in [0, 0.05) is 38.1 Å². The quantitative estimate of drug-likeness (QED) is 0.0813. The van der Waals surface area contributed by atoms with Crippen molar-refractivity contribution in [3.8, 4) is 17.2 Å². The summed E-state index contributed by atoms with van der Waals surface area (Å²) < 4.78 is 10.8. The fourth-order valence-electron chi connectivity index (χ4n) is 5.05. The molecular formula is C27H33ClIN7OSi. The summed E-state index contributed by atoms with van der Waals surface area (Å²) in [6.07, 6.45) is 6.07. The van der Waals surface area contributed by atoms with Gasteiger partial charge in [-0.3, -0.25) is 9.25 Å². The van der Waals surface area contributed by atoms with Crippen molar-refractivity contribution in [2.24, 2.45) is 5.92 Å². The third kappa shape index (κ3) is 5.39. The van der Waals surface area contributed by atoms with E-state index >= 15 is 0 Å². The van der Waals surface area contributed by atoms with Gasteiger partial charge in [0.2, 0.25) is 0 Å². The second-order valence-electron chi connectivity index (χ2n) is 11.3. The molecule has 4 aromatic rings. The van der Waals surface area contributed by atoms with E-state index in [2.05, 4.69) is 76.9 Å². The molecule has 0 bridgehead atoms. The summed E-state index contributed by atoms with van der Waals surface area (Å²) in [7, 11) is -1.22. The van der Waals surface area contributed by atoms with Crippen LogP contribution in [0.25, 0.3) is 33.1 Å². The second kappa shape index (κ2) is 11.0. The molecule has 38 heavy (non-hydrogen) atoms. The van der Waals surface area contributed by atoms with Crippen LogP contribution in [0.5, 0.6) is 0 Å². The number of nitrogens with two attached hydrogens (primary N) is 1. The van der Waals surface area contributed by atoms with Gasteiger partial charge in [0.05, 0.1) is 45.3 Å². The Hall–Kier alpha value is -2.33. The lowest BCUT2D eigenvalue weighted by atomic mass is 9.78. The van der Waals surface area contributed by atoms with E-state index in [1.165, 1.54) is 0 Å². The van der Waals surface area contributed by atoms with Crippen molar-refractivity contribution in [2.75, 3.05) is 17.7 Å². The van der Waals surface area contributed by atoms with Crippen LogP contribution in [0.4, 0.5) is 11.4 Å². The first-order valence-electron chi connectivity index (χ1n) is 12.9. The number of nitriles is 1. The van der Waals surface area contributed by atoms with Crippen molar-refractivity contribution < 1.29 is 4.74 Å². The van der Waals surface area contributed by atoms with Crippen molar-refractivity contribution in [3.05, 3.63) is 35.7 Å². The van der Waals surface area contributed by atoms with E-state index < -0.39 is 8.07 Å². The number of nitrogens with zero attached hydrogens (tertiary/aromatic N) is 5. The molecule has 3 N–H and O–H groups in total. The lowest BCUT2D eigenvalue weighted by Crippen LogP contribution is -2.35. The number of ether oxygens (including phenoxy) is 1. The molecule has 0 unspecified atom stereocenters. The number of alkyl halides is 1. The lowest BCUT2D eigenvalue weighted by Gasteiger charge is -2.35. The zero-order valence-electron chi connectivity index (χ0n) is 22.0. The van der Waals surface area contributed by atoms with Gasteiger partial charge in [-0.05, 0) is 42.5 Å². The van der Waals surface area contributed by atoms with Gasteiger partial charge in [-0.2, -0.15) is 10.4 Å². The van der Waals surface area contributed by atoms with E-state index in [1.54, 1.807) is 6.20 Å². The Morgan fingerprint density at radius 3 is 2.79 bits per heavy atom. The summed E-state index contributed by atoms with van der Waals surface area (Å²) in [5.41, 5.74) is 11.6. The highest BCUT2D eigenvalue weighted by atomic mass is 127. The Morgan fingerprint density at radius 2 is 2.08 bits per heavy atom. The molecule has 1 fully saturated rings. The van der Waals surface area contributed by atoms with Gasteiger partial charge in [0.1, 0.15) is 17.5 Å². The monoisotopic (exact) mass is 661 g/mol. The highest BCUT2D eigenvalue weighted by Crippen LogP contribution is 2.45. The largest absolute Gasteiger partial charge is 0.396 e. The number of hydrogen-bond donors (Lipinski definition) is 2. The topological polar surface area (TPSA) is 107 Å². The fourth-order valence-corrected chi connectivity index (χ4v) is 6.68. The van der Waals surface area contributed by atoms with Crippen LogP contribution in [0.15, 0.2) is 30.6 Å². The molecule has 0 radical (unpaired) electrons. The zero-order chi connectivity index (χ0) is 27.0. The Bertz CT molecular complexity index is 1510. The summed E-state index contributed by atoms with van der Waals surface area (Å²) in [4.78, 5) is 4.73. The number of pyridine rings is 1. The molecule has 11 heteroatoms. The molecule has 0 amide bonds. The molecule has 0 atom stereocenters. The number of rotatable bonds is 10. The van der Waals surface area contributed by atoms with Gasteiger partial charge >= 0.3 is 0 Å². The van der Waals surface area contributed by atoms with E-state index in [9.17, 15) is 0 Å². The maximum absolute atomic E-state index is 9.05. The molecule has 0 saturated heterocycles. The molecule has 1 aromatic carbocycles. The van der Waals surface area contributed by atoms with Gasteiger partial charge in [0.15, 0.2) is 0 Å². The van der Waals surface area contributed by atoms with Crippen molar-refractivity contribution in [3.63, 3.8) is 0 Å². The first-order valence-corrected chi connectivity index (χ1v) is 18.5. The molecule has 1 saturated carbocycles. The number of anilines is 2. The molecular weight excluding hydrogens is 629 g/mol. The molecule has 3 heterocycles. The van der Waals surface area contributed by atoms with Gasteiger partial charge in [-0.15, -0.1) is 0 Å². The minimum atomic E-state index is -1.22. The van der Waals surface area contributed by atoms with Crippen molar-refractivity contribution in [1.29, 1.82) is 5.26 Å². The maximum Gasteiger partial charge on any atom is 0.145 e. The molecule has 8 nitrogen and oxygen atoms in total.